The zero-order chi connectivity index (χ0) is 10.3. The molecule has 1 fully saturated rings. The Morgan fingerprint density at radius 2 is 2.07 bits per heavy atom. The van der Waals surface area contributed by atoms with Crippen LogP contribution in [0, 0.1) is 11.8 Å². The summed E-state index contributed by atoms with van der Waals surface area (Å²) >= 11 is 2.04. The Morgan fingerprint density at radius 1 is 1.27 bits per heavy atom. The first kappa shape index (κ1) is 9.34. The molecule has 0 N–H and O–H groups in total. The standard InChI is InChI=1S/C13H15NS/c1-10-9-15-13-8-14(7-12(10)13)11-5-3-2-4-6-11/h2-6,8,10,12H,7,9H2,1H3. The molecule has 2 unspecified atom stereocenters. The van der Waals surface area contributed by atoms with Crippen LogP contribution >= 0.6 is 11.8 Å². The summed E-state index contributed by atoms with van der Waals surface area (Å²) in [5, 5.41) is 0. The number of hydrogen-bond donors (Lipinski definition) is 0. The molecule has 0 bridgehead atoms. The highest BCUT2D eigenvalue weighted by molar-refractivity contribution is 8.03. The third-order valence-corrected chi connectivity index (χ3v) is 4.76. The van der Waals surface area contributed by atoms with Gasteiger partial charge in [0.15, 0.2) is 0 Å². The average molecular weight is 217 g/mol. The first-order valence-electron chi connectivity index (χ1n) is 5.51. The summed E-state index contributed by atoms with van der Waals surface area (Å²) in [6.45, 7) is 3.54. The normalized spacial score (nSPS) is 29.1. The molecule has 0 aliphatic carbocycles. The van der Waals surface area contributed by atoms with E-state index in [1.807, 2.05) is 11.8 Å². The SMILES string of the molecule is CC1CSC2=CN(c3ccccc3)CC21. The van der Waals surface area contributed by atoms with E-state index < -0.39 is 0 Å². The summed E-state index contributed by atoms with van der Waals surface area (Å²) in [6.07, 6.45) is 2.34. The molecule has 15 heavy (non-hydrogen) atoms. The van der Waals surface area contributed by atoms with Crippen LogP contribution in [-0.4, -0.2) is 12.3 Å². The van der Waals surface area contributed by atoms with Crippen LogP contribution in [0.1, 0.15) is 6.92 Å². The van der Waals surface area contributed by atoms with Crippen LogP contribution in [0.3, 0.4) is 0 Å². The summed E-state index contributed by atoms with van der Waals surface area (Å²) in [5.41, 5.74) is 1.33. The number of anilines is 1. The van der Waals surface area contributed by atoms with Gasteiger partial charge in [0.1, 0.15) is 0 Å². The molecule has 0 spiro atoms. The van der Waals surface area contributed by atoms with Crippen LogP contribution in [0.5, 0.6) is 0 Å². The van der Waals surface area contributed by atoms with Crippen molar-refractivity contribution in [1.29, 1.82) is 0 Å². The van der Waals surface area contributed by atoms with Gasteiger partial charge in [-0.25, -0.2) is 0 Å². The van der Waals surface area contributed by atoms with Crippen molar-refractivity contribution in [2.45, 2.75) is 6.92 Å². The fourth-order valence-corrected chi connectivity index (χ4v) is 3.76. The minimum atomic E-state index is 0.787. The molecule has 0 saturated carbocycles. The molecule has 2 aliphatic rings. The lowest BCUT2D eigenvalue weighted by molar-refractivity contribution is 0.506. The van der Waals surface area contributed by atoms with Gasteiger partial charge in [0.05, 0.1) is 0 Å². The molecule has 1 nitrogen and oxygen atoms in total. The largest absolute Gasteiger partial charge is 0.347 e. The summed E-state index contributed by atoms with van der Waals surface area (Å²) in [4.78, 5) is 3.98. The second kappa shape index (κ2) is 3.60. The molecule has 2 aliphatic heterocycles. The smallest absolute Gasteiger partial charge is 0.0406 e. The van der Waals surface area contributed by atoms with Gasteiger partial charge in [-0.3, -0.25) is 0 Å². The molecule has 2 heteroatoms. The summed E-state index contributed by atoms with van der Waals surface area (Å²) in [7, 11) is 0. The van der Waals surface area contributed by atoms with Crippen LogP contribution in [0.15, 0.2) is 41.4 Å². The third kappa shape index (κ3) is 1.57. The van der Waals surface area contributed by atoms with E-state index in [2.05, 4.69) is 48.4 Å². The predicted octanol–water partition coefficient (Wildman–Crippen LogP) is 3.35. The highest BCUT2D eigenvalue weighted by atomic mass is 32.2. The minimum Gasteiger partial charge on any atom is -0.347 e. The van der Waals surface area contributed by atoms with E-state index in [0.29, 0.717) is 0 Å². The summed E-state index contributed by atoms with van der Waals surface area (Å²) in [6, 6.07) is 10.7. The molecular weight excluding hydrogens is 202 g/mol. The predicted molar refractivity (Wildman–Crippen MR) is 67.0 cm³/mol. The van der Waals surface area contributed by atoms with Gasteiger partial charge >= 0.3 is 0 Å². The lowest BCUT2D eigenvalue weighted by atomic mass is 9.97. The van der Waals surface area contributed by atoms with Gasteiger partial charge in [0, 0.05) is 35.0 Å². The number of para-hydroxylation sites is 1. The molecular formula is C13H15NS. The topological polar surface area (TPSA) is 3.24 Å². The molecule has 1 saturated heterocycles. The maximum absolute atomic E-state index is 2.39. The van der Waals surface area contributed by atoms with Gasteiger partial charge in [-0.2, -0.15) is 0 Å². The fourth-order valence-electron chi connectivity index (χ4n) is 2.35. The van der Waals surface area contributed by atoms with E-state index in [1.54, 1.807) is 4.91 Å². The molecule has 2 atom stereocenters. The number of rotatable bonds is 1. The Morgan fingerprint density at radius 3 is 2.80 bits per heavy atom. The summed E-state index contributed by atoms with van der Waals surface area (Å²) in [5.74, 6) is 2.93. The first-order valence-corrected chi connectivity index (χ1v) is 6.49. The molecule has 0 amide bonds. The molecule has 0 aromatic heterocycles. The number of fused-ring (bicyclic) bond motifs is 1. The van der Waals surface area contributed by atoms with Gasteiger partial charge in [-0.1, -0.05) is 25.1 Å². The number of nitrogens with zero attached hydrogens (tertiary/aromatic N) is 1. The van der Waals surface area contributed by atoms with Crippen molar-refractivity contribution in [3.63, 3.8) is 0 Å². The maximum atomic E-state index is 2.39. The second-order valence-electron chi connectivity index (χ2n) is 4.41. The molecule has 2 heterocycles. The van der Waals surface area contributed by atoms with Crippen LogP contribution in [0.25, 0.3) is 0 Å². The lowest BCUT2D eigenvalue weighted by Crippen LogP contribution is -2.20. The Hall–Kier alpha value is -0.890. The second-order valence-corrected chi connectivity index (χ2v) is 5.51. The van der Waals surface area contributed by atoms with E-state index in [0.717, 1.165) is 11.8 Å². The van der Waals surface area contributed by atoms with Gasteiger partial charge in [-0.15, -0.1) is 11.8 Å². The molecule has 3 rings (SSSR count). The number of benzene rings is 1. The highest BCUT2D eigenvalue weighted by Crippen LogP contribution is 2.45. The zero-order valence-corrected chi connectivity index (χ0v) is 9.70. The van der Waals surface area contributed by atoms with E-state index >= 15 is 0 Å². The molecule has 1 aromatic rings. The van der Waals surface area contributed by atoms with Crippen molar-refractivity contribution in [2.75, 3.05) is 17.2 Å². The van der Waals surface area contributed by atoms with Crippen LogP contribution in [0.4, 0.5) is 5.69 Å². The van der Waals surface area contributed by atoms with Crippen molar-refractivity contribution >= 4 is 17.4 Å². The number of thioether (sulfide) groups is 1. The van der Waals surface area contributed by atoms with E-state index in [9.17, 15) is 0 Å². The quantitative estimate of drug-likeness (QED) is 0.709. The van der Waals surface area contributed by atoms with Crippen LogP contribution in [-0.2, 0) is 0 Å². The number of hydrogen-bond acceptors (Lipinski definition) is 2. The van der Waals surface area contributed by atoms with Gasteiger partial charge < -0.3 is 4.90 Å². The van der Waals surface area contributed by atoms with E-state index in [1.165, 1.54) is 18.0 Å². The highest BCUT2D eigenvalue weighted by Gasteiger charge is 2.35. The van der Waals surface area contributed by atoms with Gasteiger partial charge in [0.25, 0.3) is 0 Å². The maximum Gasteiger partial charge on any atom is 0.0406 e. The Bertz CT molecular complexity index is 385. The van der Waals surface area contributed by atoms with Crippen LogP contribution < -0.4 is 4.90 Å². The van der Waals surface area contributed by atoms with Crippen molar-refractivity contribution in [2.24, 2.45) is 11.8 Å². The van der Waals surface area contributed by atoms with Crippen molar-refractivity contribution in [1.82, 2.24) is 0 Å². The average Bonchev–Trinajstić information content (AvgIpc) is 2.83. The molecule has 78 valence electrons. The Balaban J connectivity index is 1.86. The molecule has 0 radical (unpaired) electrons. The van der Waals surface area contributed by atoms with Crippen molar-refractivity contribution in [3.05, 3.63) is 41.4 Å². The summed E-state index contributed by atoms with van der Waals surface area (Å²) < 4.78 is 0. The van der Waals surface area contributed by atoms with E-state index in [-0.39, 0.29) is 0 Å². The monoisotopic (exact) mass is 217 g/mol. The van der Waals surface area contributed by atoms with Crippen molar-refractivity contribution in [3.8, 4) is 0 Å². The fraction of sp³-hybridized carbons (Fsp3) is 0.385. The lowest BCUT2D eigenvalue weighted by Gasteiger charge is -2.19. The van der Waals surface area contributed by atoms with E-state index in [4.69, 9.17) is 0 Å². The zero-order valence-electron chi connectivity index (χ0n) is 8.89. The minimum absolute atomic E-state index is 0.787. The van der Waals surface area contributed by atoms with Crippen molar-refractivity contribution < 1.29 is 0 Å². The first-order chi connectivity index (χ1) is 7.34. The van der Waals surface area contributed by atoms with Gasteiger partial charge in [-0.05, 0) is 18.1 Å². The van der Waals surface area contributed by atoms with Crippen LogP contribution in [0.2, 0.25) is 0 Å². The molecule has 1 aromatic carbocycles. The third-order valence-electron chi connectivity index (χ3n) is 3.33. The van der Waals surface area contributed by atoms with Gasteiger partial charge in [0.2, 0.25) is 0 Å². The Kier molecular flexibility index (Phi) is 2.24. The Labute approximate surface area is 95.2 Å².